The van der Waals surface area contributed by atoms with Crippen molar-refractivity contribution in [2.24, 2.45) is 0 Å². The topological polar surface area (TPSA) is 91.8 Å². The van der Waals surface area contributed by atoms with Gasteiger partial charge in [0, 0.05) is 10.9 Å². The molecular formula is C16H10N4O2. The van der Waals surface area contributed by atoms with Gasteiger partial charge in [0.25, 0.3) is 0 Å². The van der Waals surface area contributed by atoms with E-state index in [0.29, 0.717) is 22.3 Å². The number of carbonyl (C=O) groups is 1. The van der Waals surface area contributed by atoms with Gasteiger partial charge in [-0.1, -0.05) is 24.3 Å². The Labute approximate surface area is 124 Å². The molecule has 0 saturated heterocycles. The number of aromatic carboxylic acids is 1. The van der Waals surface area contributed by atoms with Crippen LogP contribution in [0.1, 0.15) is 10.4 Å². The van der Waals surface area contributed by atoms with Crippen molar-refractivity contribution in [2.45, 2.75) is 0 Å². The van der Waals surface area contributed by atoms with Gasteiger partial charge in [-0.2, -0.15) is 15.4 Å². The first kappa shape index (κ1) is 12.5. The first-order valence-corrected chi connectivity index (χ1v) is 6.67. The molecule has 0 bridgehead atoms. The molecule has 2 aromatic carbocycles. The SMILES string of the molecule is O=C(O)c1c(-c2ccc3ccccc3n2)ccc2n[nH]nc12. The first-order chi connectivity index (χ1) is 10.7. The van der Waals surface area contributed by atoms with Gasteiger partial charge in [0.1, 0.15) is 11.0 Å². The summed E-state index contributed by atoms with van der Waals surface area (Å²) in [5.74, 6) is -1.05. The molecule has 0 aliphatic heterocycles. The van der Waals surface area contributed by atoms with Crippen LogP contribution in [0.3, 0.4) is 0 Å². The highest BCUT2D eigenvalue weighted by atomic mass is 16.4. The molecule has 0 aliphatic carbocycles. The fourth-order valence-corrected chi connectivity index (χ4v) is 2.56. The average molecular weight is 290 g/mol. The molecule has 0 atom stereocenters. The van der Waals surface area contributed by atoms with E-state index in [1.807, 2.05) is 36.4 Å². The third-order valence-corrected chi connectivity index (χ3v) is 3.58. The quantitative estimate of drug-likeness (QED) is 0.592. The number of carboxylic acids is 1. The zero-order chi connectivity index (χ0) is 15.1. The van der Waals surface area contributed by atoms with E-state index in [1.165, 1.54) is 0 Å². The standard InChI is InChI=1S/C16H10N4O2/c21-16(22)14-10(6-8-13-15(14)19-20-18-13)12-7-5-9-3-1-2-4-11(9)17-12/h1-8H,(H,21,22)(H,18,19,20). The van der Waals surface area contributed by atoms with Crippen molar-refractivity contribution in [3.05, 3.63) is 54.1 Å². The lowest BCUT2D eigenvalue weighted by Gasteiger charge is -2.07. The summed E-state index contributed by atoms with van der Waals surface area (Å²) in [5, 5.41) is 20.9. The Morgan fingerprint density at radius 2 is 1.82 bits per heavy atom. The number of para-hydroxylation sites is 1. The summed E-state index contributed by atoms with van der Waals surface area (Å²) >= 11 is 0. The minimum atomic E-state index is -1.05. The first-order valence-electron chi connectivity index (χ1n) is 6.67. The summed E-state index contributed by atoms with van der Waals surface area (Å²) in [6, 6.07) is 14.9. The smallest absolute Gasteiger partial charge is 0.338 e. The van der Waals surface area contributed by atoms with Crippen molar-refractivity contribution < 1.29 is 9.90 Å². The molecule has 4 aromatic rings. The molecule has 6 heteroatoms. The minimum Gasteiger partial charge on any atom is -0.478 e. The number of hydrogen-bond donors (Lipinski definition) is 2. The number of fused-ring (bicyclic) bond motifs is 2. The lowest BCUT2D eigenvalue weighted by molar-refractivity contribution is 0.0699. The third-order valence-electron chi connectivity index (χ3n) is 3.58. The van der Waals surface area contributed by atoms with Crippen LogP contribution in [0.4, 0.5) is 0 Å². The molecule has 0 amide bonds. The molecule has 2 aromatic heterocycles. The van der Waals surface area contributed by atoms with Crippen molar-refractivity contribution in [2.75, 3.05) is 0 Å². The number of carboxylic acid groups (broad SMARTS) is 1. The van der Waals surface area contributed by atoms with Crippen LogP contribution in [-0.2, 0) is 0 Å². The third kappa shape index (κ3) is 1.81. The number of hydrogen-bond acceptors (Lipinski definition) is 4. The summed E-state index contributed by atoms with van der Waals surface area (Å²) in [7, 11) is 0. The minimum absolute atomic E-state index is 0.106. The number of aromatic nitrogens is 4. The Kier molecular flexibility index (Phi) is 2.62. The molecule has 0 spiro atoms. The van der Waals surface area contributed by atoms with Gasteiger partial charge in [0.05, 0.1) is 16.8 Å². The van der Waals surface area contributed by atoms with Gasteiger partial charge < -0.3 is 5.11 Å². The van der Waals surface area contributed by atoms with E-state index in [4.69, 9.17) is 0 Å². The molecule has 0 aliphatic rings. The van der Waals surface area contributed by atoms with Crippen LogP contribution in [0.15, 0.2) is 48.5 Å². The second kappa shape index (κ2) is 4.63. The Bertz CT molecular complexity index is 1020. The van der Waals surface area contributed by atoms with Crippen LogP contribution >= 0.6 is 0 Å². The molecule has 6 nitrogen and oxygen atoms in total. The van der Waals surface area contributed by atoms with E-state index >= 15 is 0 Å². The van der Waals surface area contributed by atoms with E-state index in [9.17, 15) is 9.90 Å². The number of rotatable bonds is 2. The maximum absolute atomic E-state index is 11.7. The molecule has 0 unspecified atom stereocenters. The van der Waals surface area contributed by atoms with Crippen molar-refractivity contribution in [1.82, 2.24) is 20.4 Å². The fourth-order valence-electron chi connectivity index (χ4n) is 2.56. The number of H-pyrrole nitrogens is 1. The van der Waals surface area contributed by atoms with Crippen molar-refractivity contribution in [3.63, 3.8) is 0 Å². The maximum atomic E-state index is 11.7. The van der Waals surface area contributed by atoms with Gasteiger partial charge in [-0.25, -0.2) is 9.78 Å². The Hall–Kier alpha value is -3.28. The molecule has 22 heavy (non-hydrogen) atoms. The Balaban J connectivity index is 2.02. The highest BCUT2D eigenvalue weighted by Gasteiger charge is 2.19. The maximum Gasteiger partial charge on any atom is 0.338 e. The normalized spacial score (nSPS) is 11.1. The zero-order valence-electron chi connectivity index (χ0n) is 11.3. The number of nitrogens with zero attached hydrogens (tertiary/aromatic N) is 3. The number of benzene rings is 2. The highest BCUT2D eigenvalue weighted by Crippen LogP contribution is 2.28. The van der Waals surface area contributed by atoms with Gasteiger partial charge in [0.15, 0.2) is 0 Å². The predicted octanol–water partition coefficient (Wildman–Crippen LogP) is 2.87. The highest BCUT2D eigenvalue weighted by molar-refractivity contribution is 6.07. The van der Waals surface area contributed by atoms with E-state index in [-0.39, 0.29) is 5.56 Å². The van der Waals surface area contributed by atoms with Crippen molar-refractivity contribution in [1.29, 1.82) is 0 Å². The van der Waals surface area contributed by atoms with Crippen molar-refractivity contribution in [3.8, 4) is 11.3 Å². The molecule has 2 N–H and O–H groups in total. The summed E-state index contributed by atoms with van der Waals surface area (Å²) in [5.41, 5.74) is 2.90. The van der Waals surface area contributed by atoms with E-state index in [0.717, 1.165) is 10.9 Å². The predicted molar refractivity (Wildman–Crippen MR) is 81.6 cm³/mol. The second-order valence-corrected chi connectivity index (χ2v) is 4.87. The fraction of sp³-hybridized carbons (Fsp3) is 0. The molecule has 0 radical (unpaired) electrons. The van der Waals surface area contributed by atoms with Crippen LogP contribution in [-0.4, -0.2) is 31.5 Å². The molecular weight excluding hydrogens is 280 g/mol. The second-order valence-electron chi connectivity index (χ2n) is 4.87. The Morgan fingerprint density at radius 1 is 0.955 bits per heavy atom. The Morgan fingerprint density at radius 3 is 2.68 bits per heavy atom. The lowest BCUT2D eigenvalue weighted by Crippen LogP contribution is -2.02. The van der Waals surface area contributed by atoms with Crippen LogP contribution in [0.2, 0.25) is 0 Å². The molecule has 0 fully saturated rings. The average Bonchev–Trinajstić information content (AvgIpc) is 3.01. The van der Waals surface area contributed by atoms with Gasteiger partial charge in [-0.15, -0.1) is 0 Å². The summed E-state index contributed by atoms with van der Waals surface area (Å²) in [6.07, 6.45) is 0. The summed E-state index contributed by atoms with van der Waals surface area (Å²) < 4.78 is 0. The molecule has 0 saturated carbocycles. The van der Waals surface area contributed by atoms with E-state index < -0.39 is 5.97 Å². The zero-order valence-corrected chi connectivity index (χ0v) is 11.3. The van der Waals surface area contributed by atoms with Gasteiger partial charge in [0.2, 0.25) is 0 Å². The van der Waals surface area contributed by atoms with Crippen LogP contribution in [0.5, 0.6) is 0 Å². The van der Waals surface area contributed by atoms with Gasteiger partial charge in [-0.3, -0.25) is 0 Å². The number of pyridine rings is 1. The largest absolute Gasteiger partial charge is 0.478 e. The van der Waals surface area contributed by atoms with Gasteiger partial charge >= 0.3 is 5.97 Å². The number of nitrogens with one attached hydrogen (secondary N) is 1. The van der Waals surface area contributed by atoms with Crippen LogP contribution in [0.25, 0.3) is 33.2 Å². The molecule has 4 rings (SSSR count). The molecule has 2 heterocycles. The summed E-state index contributed by atoms with van der Waals surface area (Å²) in [6.45, 7) is 0. The lowest BCUT2D eigenvalue weighted by atomic mass is 10.0. The molecule has 106 valence electrons. The number of aromatic amines is 1. The van der Waals surface area contributed by atoms with Crippen LogP contribution in [0, 0.1) is 0 Å². The van der Waals surface area contributed by atoms with E-state index in [1.54, 1.807) is 12.1 Å². The monoisotopic (exact) mass is 290 g/mol. The van der Waals surface area contributed by atoms with Crippen LogP contribution < -0.4 is 0 Å². The van der Waals surface area contributed by atoms with Crippen molar-refractivity contribution >= 4 is 27.9 Å². The summed E-state index contributed by atoms with van der Waals surface area (Å²) in [4.78, 5) is 16.2. The van der Waals surface area contributed by atoms with Gasteiger partial charge in [-0.05, 0) is 24.3 Å². The van der Waals surface area contributed by atoms with E-state index in [2.05, 4.69) is 20.4 Å².